The van der Waals surface area contributed by atoms with Gasteiger partial charge in [-0.1, -0.05) is 11.8 Å². The van der Waals surface area contributed by atoms with E-state index in [4.69, 9.17) is 0 Å². The minimum absolute atomic E-state index is 0.722. The second-order valence-electron chi connectivity index (χ2n) is 4.83. The summed E-state index contributed by atoms with van der Waals surface area (Å²) in [5.41, 5.74) is 0. The Morgan fingerprint density at radius 1 is 1.45 bits per heavy atom. The zero-order valence-electron chi connectivity index (χ0n) is 11.6. The third kappa shape index (κ3) is 3.37. The second-order valence-corrected chi connectivity index (χ2v) is 5.77. The molecule has 2 heterocycles. The molecule has 0 aromatic carbocycles. The highest BCUT2D eigenvalue weighted by atomic mass is 32.2. The first-order chi connectivity index (χ1) is 9.86. The molecule has 108 valence electrons. The van der Waals surface area contributed by atoms with Crippen LogP contribution in [0.25, 0.3) is 0 Å². The van der Waals surface area contributed by atoms with Crippen molar-refractivity contribution in [3.63, 3.8) is 0 Å². The van der Waals surface area contributed by atoms with Crippen molar-refractivity contribution in [2.45, 2.75) is 49.8 Å². The Morgan fingerprint density at radius 3 is 3.15 bits per heavy atom. The SMILES string of the molecule is CCn1ccnc1CSc1nnnn1CCNC1CC1. The van der Waals surface area contributed by atoms with Gasteiger partial charge in [0.15, 0.2) is 0 Å². The van der Waals surface area contributed by atoms with E-state index in [1.165, 1.54) is 12.8 Å². The van der Waals surface area contributed by atoms with E-state index in [9.17, 15) is 0 Å². The highest BCUT2D eigenvalue weighted by molar-refractivity contribution is 7.98. The molecule has 0 aliphatic heterocycles. The van der Waals surface area contributed by atoms with Crippen LogP contribution < -0.4 is 5.32 Å². The number of imidazole rings is 1. The molecule has 1 aliphatic rings. The fraction of sp³-hybridized carbons (Fsp3) is 0.667. The molecule has 1 fully saturated rings. The maximum Gasteiger partial charge on any atom is 0.209 e. The van der Waals surface area contributed by atoms with Gasteiger partial charge in [0.25, 0.3) is 0 Å². The molecule has 0 atom stereocenters. The molecule has 2 aromatic heterocycles. The molecule has 0 amide bonds. The average Bonchev–Trinajstić information content (AvgIpc) is 3.00. The van der Waals surface area contributed by atoms with E-state index in [1.807, 2.05) is 17.1 Å². The highest BCUT2D eigenvalue weighted by Crippen LogP contribution is 2.20. The summed E-state index contributed by atoms with van der Waals surface area (Å²) in [6.07, 6.45) is 6.44. The standard InChI is InChI=1S/C12H19N7S/c1-2-18-7-5-14-11(18)9-20-12-15-16-17-19(12)8-6-13-10-3-4-10/h5,7,10,13H,2-4,6,8-9H2,1H3. The number of tetrazole rings is 1. The van der Waals surface area contributed by atoms with Gasteiger partial charge in [-0.15, -0.1) is 5.10 Å². The number of nitrogens with one attached hydrogen (secondary N) is 1. The smallest absolute Gasteiger partial charge is 0.209 e. The summed E-state index contributed by atoms with van der Waals surface area (Å²) >= 11 is 1.63. The van der Waals surface area contributed by atoms with Gasteiger partial charge in [0.1, 0.15) is 5.82 Å². The molecule has 1 saturated carbocycles. The normalized spacial score (nSPS) is 14.8. The lowest BCUT2D eigenvalue weighted by Crippen LogP contribution is -2.22. The Balaban J connectivity index is 1.52. The van der Waals surface area contributed by atoms with Crippen LogP contribution >= 0.6 is 11.8 Å². The zero-order chi connectivity index (χ0) is 13.8. The highest BCUT2D eigenvalue weighted by Gasteiger charge is 2.20. The van der Waals surface area contributed by atoms with Gasteiger partial charge in [0, 0.05) is 31.5 Å². The summed E-state index contributed by atoms with van der Waals surface area (Å²) in [6.45, 7) is 4.79. The number of aromatic nitrogens is 6. The van der Waals surface area contributed by atoms with E-state index in [1.54, 1.807) is 11.8 Å². The number of hydrogen-bond donors (Lipinski definition) is 1. The van der Waals surface area contributed by atoms with E-state index in [0.29, 0.717) is 0 Å². The van der Waals surface area contributed by atoms with Crippen LogP contribution in [0.15, 0.2) is 17.6 Å². The fourth-order valence-corrected chi connectivity index (χ4v) is 2.87. The first kappa shape index (κ1) is 13.6. The Kier molecular flexibility index (Phi) is 4.31. The molecular formula is C12H19N7S. The minimum Gasteiger partial charge on any atom is -0.335 e. The van der Waals surface area contributed by atoms with E-state index >= 15 is 0 Å². The van der Waals surface area contributed by atoms with Crippen molar-refractivity contribution in [1.82, 2.24) is 35.1 Å². The summed E-state index contributed by atoms with van der Waals surface area (Å²) in [7, 11) is 0. The van der Waals surface area contributed by atoms with Crippen LogP contribution in [0.3, 0.4) is 0 Å². The summed E-state index contributed by atoms with van der Waals surface area (Å²) in [5.74, 6) is 1.85. The van der Waals surface area contributed by atoms with Crippen molar-refractivity contribution in [3.8, 4) is 0 Å². The molecule has 0 bridgehead atoms. The number of nitrogens with zero attached hydrogens (tertiary/aromatic N) is 6. The third-order valence-electron chi connectivity index (χ3n) is 3.31. The van der Waals surface area contributed by atoms with Gasteiger partial charge in [-0.3, -0.25) is 0 Å². The Morgan fingerprint density at radius 2 is 2.35 bits per heavy atom. The molecule has 0 saturated heterocycles. The summed E-state index contributed by atoms with van der Waals surface area (Å²) < 4.78 is 4.00. The van der Waals surface area contributed by atoms with Crippen molar-refractivity contribution in [3.05, 3.63) is 18.2 Å². The van der Waals surface area contributed by atoms with Crippen molar-refractivity contribution in [2.24, 2.45) is 0 Å². The minimum atomic E-state index is 0.722. The van der Waals surface area contributed by atoms with Crippen LogP contribution in [0.4, 0.5) is 0 Å². The molecule has 0 radical (unpaired) electrons. The van der Waals surface area contributed by atoms with Crippen LogP contribution in [0.2, 0.25) is 0 Å². The van der Waals surface area contributed by atoms with Crippen LogP contribution in [-0.4, -0.2) is 42.3 Å². The quantitative estimate of drug-likeness (QED) is 0.730. The Hall–Kier alpha value is -1.41. The molecule has 20 heavy (non-hydrogen) atoms. The molecule has 1 aliphatic carbocycles. The van der Waals surface area contributed by atoms with E-state index < -0.39 is 0 Å². The lowest BCUT2D eigenvalue weighted by molar-refractivity contribution is 0.509. The molecule has 1 N–H and O–H groups in total. The Labute approximate surface area is 122 Å². The summed E-state index contributed by atoms with van der Waals surface area (Å²) in [4.78, 5) is 4.36. The molecule has 2 aromatic rings. The lowest BCUT2D eigenvalue weighted by Gasteiger charge is -2.06. The van der Waals surface area contributed by atoms with Crippen molar-refractivity contribution < 1.29 is 0 Å². The van der Waals surface area contributed by atoms with Gasteiger partial charge in [-0.2, -0.15) is 0 Å². The average molecular weight is 293 g/mol. The van der Waals surface area contributed by atoms with Crippen LogP contribution in [0.1, 0.15) is 25.6 Å². The summed E-state index contributed by atoms with van der Waals surface area (Å²) in [5, 5.41) is 16.2. The number of aryl methyl sites for hydroxylation is 1. The predicted molar refractivity (Wildman–Crippen MR) is 76.3 cm³/mol. The van der Waals surface area contributed by atoms with Crippen LogP contribution in [0.5, 0.6) is 0 Å². The number of rotatable bonds is 8. The van der Waals surface area contributed by atoms with Gasteiger partial charge in [-0.25, -0.2) is 9.67 Å². The van der Waals surface area contributed by atoms with Gasteiger partial charge in [-0.05, 0) is 30.2 Å². The number of thioether (sulfide) groups is 1. The van der Waals surface area contributed by atoms with Crippen molar-refractivity contribution in [1.29, 1.82) is 0 Å². The zero-order valence-corrected chi connectivity index (χ0v) is 12.4. The molecule has 3 rings (SSSR count). The maximum atomic E-state index is 4.36. The molecule has 0 unspecified atom stereocenters. The summed E-state index contributed by atoms with van der Waals surface area (Å²) in [6, 6.07) is 0.722. The predicted octanol–water partition coefficient (Wildman–Crippen LogP) is 0.934. The topological polar surface area (TPSA) is 73.5 Å². The van der Waals surface area contributed by atoms with Crippen LogP contribution in [-0.2, 0) is 18.8 Å². The van der Waals surface area contributed by atoms with E-state index in [2.05, 4.69) is 37.3 Å². The Bertz CT molecular complexity index is 546. The van der Waals surface area contributed by atoms with Gasteiger partial charge in [0.2, 0.25) is 5.16 Å². The van der Waals surface area contributed by atoms with Gasteiger partial charge in [0.05, 0.1) is 12.3 Å². The third-order valence-corrected chi connectivity index (χ3v) is 4.26. The largest absolute Gasteiger partial charge is 0.335 e. The number of hydrogen-bond acceptors (Lipinski definition) is 6. The van der Waals surface area contributed by atoms with Gasteiger partial charge < -0.3 is 9.88 Å². The van der Waals surface area contributed by atoms with Gasteiger partial charge >= 0.3 is 0 Å². The molecule has 0 spiro atoms. The molecular weight excluding hydrogens is 274 g/mol. The maximum absolute atomic E-state index is 4.36. The van der Waals surface area contributed by atoms with Crippen molar-refractivity contribution >= 4 is 11.8 Å². The molecule has 8 heteroatoms. The van der Waals surface area contributed by atoms with E-state index in [-0.39, 0.29) is 0 Å². The van der Waals surface area contributed by atoms with Crippen LogP contribution in [0, 0.1) is 0 Å². The van der Waals surface area contributed by atoms with Crippen molar-refractivity contribution in [2.75, 3.05) is 6.54 Å². The van der Waals surface area contributed by atoms with E-state index in [0.717, 1.165) is 42.4 Å². The second kappa shape index (κ2) is 6.36. The first-order valence-corrected chi connectivity index (χ1v) is 7.97. The lowest BCUT2D eigenvalue weighted by atomic mass is 10.6. The fourth-order valence-electron chi connectivity index (χ4n) is 2.00. The first-order valence-electron chi connectivity index (χ1n) is 6.99. The monoisotopic (exact) mass is 293 g/mol. The molecule has 7 nitrogen and oxygen atoms in total.